The summed E-state index contributed by atoms with van der Waals surface area (Å²) >= 11 is 0. The van der Waals surface area contributed by atoms with Gasteiger partial charge in [-0.2, -0.15) is 0 Å². The summed E-state index contributed by atoms with van der Waals surface area (Å²) < 4.78 is 23.5. The van der Waals surface area contributed by atoms with Gasteiger partial charge in [0.15, 0.2) is 11.6 Å². The summed E-state index contributed by atoms with van der Waals surface area (Å²) in [7, 11) is 1.35. The molecule has 0 saturated carbocycles. The SMILES string of the molecule is COc1cc(C)cc(-c2cc(C(=O)O)on2)c1F. The van der Waals surface area contributed by atoms with Gasteiger partial charge in [0.1, 0.15) is 5.69 Å². The molecule has 0 aliphatic heterocycles. The zero-order chi connectivity index (χ0) is 13.3. The molecule has 0 aliphatic carbocycles. The quantitative estimate of drug-likeness (QED) is 0.907. The average molecular weight is 251 g/mol. The first-order valence-electron chi connectivity index (χ1n) is 5.07. The molecule has 0 amide bonds. The van der Waals surface area contributed by atoms with Crippen molar-refractivity contribution < 1.29 is 23.6 Å². The van der Waals surface area contributed by atoms with Gasteiger partial charge in [0, 0.05) is 11.6 Å². The summed E-state index contributed by atoms with van der Waals surface area (Å²) in [4.78, 5) is 10.7. The van der Waals surface area contributed by atoms with Crippen LogP contribution < -0.4 is 4.74 Å². The Morgan fingerprint density at radius 3 is 2.72 bits per heavy atom. The third-order valence-electron chi connectivity index (χ3n) is 2.40. The highest BCUT2D eigenvalue weighted by Crippen LogP contribution is 2.30. The molecule has 2 aromatic rings. The fourth-order valence-electron chi connectivity index (χ4n) is 1.57. The van der Waals surface area contributed by atoms with Crippen molar-refractivity contribution in [2.24, 2.45) is 0 Å². The van der Waals surface area contributed by atoms with E-state index in [1.54, 1.807) is 13.0 Å². The number of hydrogen-bond donors (Lipinski definition) is 1. The number of carboxylic acid groups (broad SMARTS) is 1. The molecule has 5 nitrogen and oxygen atoms in total. The van der Waals surface area contributed by atoms with Crippen LogP contribution in [0.2, 0.25) is 0 Å². The van der Waals surface area contributed by atoms with E-state index in [2.05, 4.69) is 9.68 Å². The highest BCUT2D eigenvalue weighted by Gasteiger charge is 2.18. The molecule has 1 aromatic carbocycles. The fourth-order valence-corrected chi connectivity index (χ4v) is 1.57. The van der Waals surface area contributed by atoms with Gasteiger partial charge in [-0.05, 0) is 24.6 Å². The lowest BCUT2D eigenvalue weighted by Gasteiger charge is -2.06. The molecule has 0 atom stereocenters. The summed E-state index contributed by atoms with van der Waals surface area (Å²) in [6.07, 6.45) is 0. The number of aromatic carboxylic acids is 1. The Kier molecular flexibility index (Phi) is 3.01. The first kappa shape index (κ1) is 12.1. The number of ether oxygens (including phenoxy) is 1. The number of benzene rings is 1. The second-order valence-electron chi connectivity index (χ2n) is 3.71. The fraction of sp³-hybridized carbons (Fsp3) is 0.167. The molecular formula is C12H10FNO4. The number of aryl methyl sites for hydroxylation is 1. The van der Waals surface area contributed by atoms with Gasteiger partial charge in [0.25, 0.3) is 0 Å². The summed E-state index contributed by atoms with van der Waals surface area (Å²) in [6, 6.07) is 4.25. The second kappa shape index (κ2) is 4.48. The van der Waals surface area contributed by atoms with Crippen LogP contribution in [0.25, 0.3) is 11.3 Å². The third kappa shape index (κ3) is 2.04. The van der Waals surface area contributed by atoms with E-state index < -0.39 is 11.8 Å². The Hall–Kier alpha value is -2.37. The van der Waals surface area contributed by atoms with Gasteiger partial charge in [0.2, 0.25) is 5.76 Å². The Labute approximate surface area is 102 Å². The lowest BCUT2D eigenvalue weighted by Crippen LogP contribution is -1.94. The second-order valence-corrected chi connectivity index (χ2v) is 3.71. The number of hydrogen-bond acceptors (Lipinski definition) is 4. The van der Waals surface area contributed by atoms with Gasteiger partial charge >= 0.3 is 5.97 Å². The Morgan fingerprint density at radius 2 is 2.17 bits per heavy atom. The van der Waals surface area contributed by atoms with Crippen molar-refractivity contribution >= 4 is 5.97 Å². The molecule has 0 unspecified atom stereocenters. The molecule has 0 saturated heterocycles. The maximum atomic E-state index is 14.0. The van der Waals surface area contributed by atoms with Crippen molar-refractivity contribution in [1.82, 2.24) is 5.16 Å². The van der Waals surface area contributed by atoms with Crippen molar-refractivity contribution in [2.75, 3.05) is 7.11 Å². The number of rotatable bonds is 3. The summed E-state index contributed by atoms with van der Waals surface area (Å²) in [6.45, 7) is 1.77. The molecule has 1 N–H and O–H groups in total. The highest BCUT2D eigenvalue weighted by molar-refractivity contribution is 5.85. The number of carbonyl (C=O) groups is 1. The van der Waals surface area contributed by atoms with E-state index in [0.29, 0.717) is 0 Å². The van der Waals surface area contributed by atoms with Crippen molar-refractivity contribution in [3.05, 3.63) is 35.3 Å². The molecule has 1 heterocycles. The summed E-state index contributed by atoms with van der Waals surface area (Å²) in [5.41, 5.74) is 1.03. The molecule has 0 bridgehead atoms. The molecule has 6 heteroatoms. The van der Waals surface area contributed by atoms with Crippen LogP contribution >= 0.6 is 0 Å². The molecule has 0 aliphatic rings. The van der Waals surface area contributed by atoms with E-state index in [0.717, 1.165) is 5.56 Å². The number of carboxylic acids is 1. The smallest absolute Gasteiger partial charge is 0.374 e. The first-order chi connectivity index (χ1) is 8.52. The lowest BCUT2D eigenvalue weighted by atomic mass is 10.1. The van der Waals surface area contributed by atoms with Crippen molar-refractivity contribution in [2.45, 2.75) is 6.92 Å². The molecule has 0 spiro atoms. The van der Waals surface area contributed by atoms with E-state index in [1.165, 1.54) is 19.2 Å². The zero-order valence-electron chi connectivity index (χ0n) is 9.73. The molecule has 18 heavy (non-hydrogen) atoms. The maximum Gasteiger partial charge on any atom is 0.374 e. The molecule has 1 aromatic heterocycles. The van der Waals surface area contributed by atoms with Crippen LogP contribution in [0.15, 0.2) is 22.7 Å². The third-order valence-corrected chi connectivity index (χ3v) is 2.40. The lowest BCUT2D eigenvalue weighted by molar-refractivity contribution is 0.0652. The maximum absolute atomic E-state index is 14.0. The molecule has 2 rings (SSSR count). The van der Waals surface area contributed by atoms with Crippen LogP contribution in [0, 0.1) is 12.7 Å². The van der Waals surface area contributed by atoms with Crippen LogP contribution in [0.5, 0.6) is 5.75 Å². The van der Waals surface area contributed by atoms with Crippen molar-refractivity contribution in [1.29, 1.82) is 0 Å². The Balaban J connectivity index is 2.55. The predicted octanol–water partition coefficient (Wildman–Crippen LogP) is 2.50. The van der Waals surface area contributed by atoms with Gasteiger partial charge in [0.05, 0.1) is 7.11 Å². The topological polar surface area (TPSA) is 72.6 Å². The van der Waals surface area contributed by atoms with Crippen molar-refractivity contribution in [3.8, 4) is 17.0 Å². The number of methoxy groups -OCH3 is 1. The number of halogens is 1. The molecule has 0 fully saturated rings. The monoisotopic (exact) mass is 251 g/mol. The molecule has 94 valence electrons. The minimum Gasteiger partial charge on any atom is -0.494 e. The number of aromatic nitrogens is 1. The van der Waals surface area contributed by atoms with Crippen LogP contribution in [-0.4, -0.2) is 23.3 Å². The predicted molar refractivity (Wildman–Crippen MR) is 60.1 cm³/mol. The van der Waals surface area contributed by atoms with E-state index >= 15 is 0 Å². The molecule has 0 radical (unpaired) electrons. The summed E-state index contributed by atoms with van der Waals surface area (Å²) in [5.74, 6) is -2.13. The van der Waals surface area contributed by atoms with Crippen LogP contribution in [-0.2, 0) is 0 Å². The summed E-state index contributed by atoms with van der Waals surface area (Å²) in [5, 5.41) is 12.3. The van der Waals surface area contributed by atoms with Gasteiger partial charge in [-0.1, -0.05) is 5.16 Å². The van der Waals surface area contributed by atoms with Gasteiger partial charge in [-0.15, -0.1) is 0 Å². The van der Waals surface area contributed by atoms with E-state index in [9.17, 15) is 9.18 Å². The van der Waals surface area contributed by atoms with E-state index in [1.807, 2.05) is 0 Å². The average Bonchev–Trinajstić information content (AvgIpc) is 2.81. The Bertz CT molecular complexity index is 606. The van der Waals surface area contributed by atoms with Crippen LogP contribution in [0.1, 0.15) is 16.1 Å². The molecular weight excluding hydrogens is 241 g/mol. The first-order valence-corrected chi connectivity index (χ1v) is 5.07. The van der Waals surface area contributed by atoms with E-state index in [4.69, 9.17) is 9.84 Å². The van der Waals surface area contributed by atoms with Gasteiger partial charge in [-0.25, -0.2) is 9.18 Å². The highest BCUT2D eigenvalue weighted by atomic mass is 19.1. The Morgan fingerprint density at radius 1 is 1.44 bits per heavy atom. The normalized spacial score (nSPS) is 10.4. The van der Waals surface area contributed by atoms with Gasteiger partial charge in [-0.3, -0.25) is 0 Å². The van der Waals surface area contributed by atoms with Crippen molar-refractivity contribution in [3.63, 3.8) is 0 Å². The van der Waals surface area contributed by atoms with E-state index in [-0.39, 0.29) is 22.8 Å². The number of nitrogens with zero attached hydrogens (tertiary/aromatic N) is 1. The zero-order valence-corrected chi connectivity index (χ0v) is 9.73. The van der Waals surface area contributed by atoms with Crippen LogP contribution in [0.3, 0.4) is 0 Å². The largest absolute Gasteiger partial charge is 0.494 e. The minimum absolute atomic E-state index is 0.0740. The van der Waals surface area contributed by atoms with Crippen LogP contribution in [0.4, 0.5) is 4.39 Å². The standard InChI is InChI=1S/C12H10FNO4/c1-6-3-7(11(13)9(4-6)17-2)8-5-10(12(15)16)18-14-8/h3-5H,1-2H3,(H,15,16). The van der Waals surface area contributed by atoms with Gasteiger partial charge < -0.3 is 14.4 Å². The minimum atomic E-state index is -1.26.